The van der Waals surface area contributed by atoms with Gasteiger partial charge in [0.25, 0.3) is 5.91 Å². The fraction of sp³-hybridized carbons (Fsp3) is 0.357. The fourth-order valence-electron chi connectivity index (χ4n) is 2.53. The van der Waals surface area contributed by atoms with Crippen LogP contribution < -0.4 is 0 Å². The average Bonchev–Trinajstić information content (AvgIpc) is 2.84. The lowest BCUT2D eigenvalue weighted by Gasteiger charge is -2.32. The predicted octanol–water partition coefficient (Wildman–Crippen LogP) is 0.557. The Labute approximate surface area is 116 Å². The van der Waals surface area contributed by atoms with Gasteiger partial charge in [-0.3, -0.25) is 9.59 Å². The van der Waals surface area contributed by atoms with Gasteiger partial charge >= 0.3 is 0 Å². The number of fused-ring (bicyclic) bond motifs is 1. The Kier molecular flexibility index (Phi) is 3.14. The molecule has 0 saturated carbocycles. The molecule has 1 saturated heterocycles. The maximum Gasteiger partial charge on any atom is 0.274 e. The number of hydrogen-bond acceptors (Lipinski definition) is 3. The number of aryl methyl sites for hydroxylation is 1. The number of pyridine rings is 1. The Morgan fingerprint density at radius 2 is 2.00 bits per heavy atom. The molecular formula is C14H16N4O2. The van der Waals surface area contributed by atoms with E-state index in [4.69, 9.17) is 0 Å². The fourth-order valence-corrected chi connectivity index (χ4v) is 2.53. The highest BCUT2D eigenvalue weighted by molar-refractivity contribution is 5.99. The van der Waals surface area contributed by atoms with E-state index in [9.17, 15) is 9.59 Å². The van der Waals surface area contributed by atoms with Gasteiger partial charge in [0, 0.05) is 32.4 Å². The molecule has 0 N–H and O–H groups in total. The van der Waals surface area contributed by atoms with Crippen molar-refractivity contribution in [2.75, 3.05) is 26.2 Å². The van der Waals surface area contributed by atoms with E-state index in [0.717, 1.165) is 17.8 Å². The van der Waals surface area contributed by atoms with Crippen molar-refractivity contribution in [2.45, 2.75) is 6.92 Å². The van der Waals surface area contributed by atoms with Crippen molar-refractivity contribution in [3.8, 4) is 0 Å². The first kappa shape index (κ1) is 12.7. The van der Waals surface area contributed by atoms with Crippen LogP contribution >= 0.6 is 0 Å². The zero-order valence-corrected chi connectivity index (χ0v) is 11.3. The van der Waals surface area contributed by atoms with Crippen molar-refractivity contribution in [2.24, 2.45) is 0 Å². The highest BCUT2D eigenvalue weighted by Crippen LogP contribution is 2.15. The third kappa shape index (κ3) is 2.03. The summed E-state index contributed by atoms with van der Waals surface area (Å²) in [5.74, 6) is 0.739. The maximum absolute atomic E-state index is 12.6. The molecule has 0 bridgehead atoms. The largest absolute Gasteiger partial charge is 0.342 e. The highest BCUT2D eigenvalue weighted by atomic mass is 16.2. The van der Waals surface area contributed by atoms with E-state index >= 15 is 0 Å². The number of amides is 2. The summed E-state index contributed by atoms with van der Waals surface area (Å²) in [7, 11) is 0. The Morgan fingerprint density at radius 1 is 1.25 bits per heavy atom. The molecule has 0 aliphatic carbocycles. The number of piperazine rings is 1. The topological polar surface area (TPSA) is 57.9 Å². The van der Waals surface area contributed by atoms with E-state index in [1.54, 1.807) is 9.80 Å². The molecular weight excluding hydrogens is 256 g/mol. The van der Waals surface area contributed by atoms with Gasteiger partial charge in [-0.1, -0.05) is 6.07 Å². The Bertz CT molecular complexity index is 656. The first-order valence-corrected chi connectivity index (χ1v) is 6.63. The molecule has 1 aliphatic rings. The van der Waals surface area contributed by atoms with Crippen molar-refractivity contribution in [1.82, 2.24) is 19.2 Å². The molecule has 3 rings (SSSR count). The first-order chi connectivity index (χ1) is 9.70. The molecule has 3 heterocycles. The molecule has 6 nitrogen and oxygen atoms in total. The number of hydrogen-bond donors (Lipinski definition) is 0. The van der Waals surface area contributed by atoms with Gasteiger partial charge in [0.2, 0.25) is 6.41 Å². The minimum Gasteiger partial charge on any atom is -0.342 e. The second kappa shape index (κ2) is 4.96. The van der Waals surface area contributed by atoms with Gasteiger partial charge < -0.3 is 14.2 Å². The number of carbonyl (C=O) groups is 2. The van der Waals surface area contributed by atoms with E-state index in [1.807, 2.05) is 35.7 Å². The van der Waals surface area contributed by atoms with E-state index in [1.165, 1.54) is 0 Å². The Morgan fingerprint density at radius 3 is 2.70 bits per heavy atom. The summed E-state index contributed by atoms with van der Waals surface area (Å²) in [6, 6.07) is 5.71. The Hall–Kier alpha value is -2.37. The number of nitrogens with zero attached hydrogens (tertiary/aromatic N) is 4. The van der Waals surface area contributed by atoms with Gasteiger partial charge in [-0.25, -0.2) is 4.98 Å². The minimum absolute atomic E-state index is 0.0626. The zero-order valence-electron chi connectivity index (χ0n) is 11.3. The van der Waals surface area contributed by atoms with Crippen LogP contribution in [0.4, 0.5) is 0 Å². The average molecular weight is 272 g/mol. The van der Waals surface area contributed by atoms with Crippen molar-refractivity contribution in [3.05, 3.63) is 35.9 Å². The van der Waals surface area contributed by atoms with Crippen LogP contribution in [0.5, 0.6) is 0 Å². The third-order valence-corrected chi connectivity index (χ3v) is 3.68. The Balaban J connectivity index is 1.88. The summed E-state index contributed by atoms with van der Waals surface area (Å²) in [5.41, 5.74) is 1.32. The number of rotatable bonds is 2. The smallest absolute Gasteiger partial charge is 0.274 e. The highest BCUT2D eigenvalue weighted by Gasteiger charge is 2.24. The normalized spacial score (nSPS) is 15.7. The maximum atomic E-state index is 12.6. The summed E-state index contributed by atoms with van der Waals surface area (Å²) >= 11 is 0. The SMILES string of the molecule is Cc1nc(C(=O)N2CCN(C=O)CC2)c2ccccn12. The van der Waals surface area contributed by atoms with Gasteiger partial charge in [0.15, 0.2) is 5.69 Å². The number of imidazole rings is 1. The standard InChI is InChI=1S/C14H16N4O2/c1-11-15-13(12-4-2-3-5-18(11)12)14(20)17-8-6-16(10-19)7-9-17/h2-5,10H,6-9H2,1H3. The lowest BCUT2D eigenvalue weighted by molar-refractivity contribution is -0.119. The van der Waals surface area contributed by atoms with Crippen LogP contribution in [0.3, 0.4) is 0 Å². The lowest BCUT2D eigenvalue weighted by Crippen LogP contribution is -2.48. The van der Waals surface area contributed by atoms with E-state index in [-0.39, 0.29) is 5.91 Å². The van der Waals surface area contributed by atoms with Gasteiger partial charge in [-0.15, -0.1) is 0 Å². The van der Waals surface area contributed by atoms with Gasteiger partial charge in [-0.2, -0.15) is 0 Å². The molecule has 1 aliphatic heterocycles. The van der Waals surface area contributed by atoms with Crippen molar-refractivity contribution in [3.63, 3.8) is 0 Å². The molecule has 0 unspecified atom stereocenters. The molecule has 0 aromatic carbocycles. The van der Waals surface area contributed by atoms with Crippen LogP contribution in [-0.4, -0.2) is 57.7 Å². The quantitative estimate of drug-likeness (QED) is 0.750. The van der Waals surface area contributed by atoms with Gasteiger partial charge in [0.1, 0.15) is 5.82 Å². The van der Waals surface area contributed by atoms with Crippen molar-refractivity contribution in [1.29, 1.82) is 0 Å². The molecule has 6 heteroatoms. The van der Waals surface area contributed by atoms with Crippen LogP contribution in [0.2, 0.25) is 0 Å². The van der Waals surface area contributed by atoms with Crippen molar-refractivity contribution < 1.29 is 9.59 Å². The molecule has 2 aromatic rings. The van der Waals surface area contributed by atoms with Crippen LogP contribution in [0.15, 0.2) is 24.4 Å². The minimum atomic E-state index is -0.0626. The molecule has 0 atom stereocenters. The number of carbonyl (C=O) groups excluding carboxylic acids is 2. The van der Waals surface area contributed by atoms with Crippen molar-refractivity contribution >= 4 is 17.8 Å². The third-order valence-electron chi connectivity index (χ3n) is 3.68. The number of aromatic nitrogens is 2. The summed E-state index contributed by atoms with van der Waals surface area (Å²) < 4.78 is 1.91. The molecule has 0 radical (unpaired) electrons. The summed E-state index contributed by atoms with van der Waals surface area (Å²) in [5, 5.41) is 0. The molecule has 1 fully saturated rings. The molecule has 2 aromatic heterocycles. The van der Waals surface area contributed by atoms with Gasteiger partial charge in [-0.05, 0) is 19.1 Å². The summed E-state index contributed by atoms with van der Waals surface area (Å²) in [6.07, 6.45) is 2.73. The first-order valence-electron chi connectivity index (χ1n) is 6.63. The van der Waals surface area contributed by atoms with Crippen LogP contribution in [-0.2, 0) is 4.79 Å². The predicted molar refractivity (Wildman–Crippen MR) is 73.5 cm³/mol. The lowest BCUT2D eigenvalue weighted by atomic mass is 10.2. The van der Waals surface area contributed by atoms with Crippen LogP contribution in [0.25, 0.3) is 5.52 Å². The van der Waals surface area contributed by atoms with E-state index in [0.29, 0.717) is 31.9 Å². The van der Waals surface area contributed by atoms with Gasteiger partial charge in [0.05, 0.1) is 5.52 Å². The molecule has 20 heavy (non-hydrogen) atoms. The van der Waals surface area contributed by atoms with E-state index in [2.05, 4.69) is 4.98 Å². The second-order valence-electron chi connectivity index (χ2n) is 4.90. The summed E-state index contributed by atoms with van der Waals surface area (Å²) in [4.78, 5) is 31.1. The molecule has 0 spiro atoms. The van der Waals surface area contributed by atoms with E-state index < -0.39 is 0 Å². The monoisotopic (exact) mass is 272 g/mol. The van der Waals surface area contributed by atoms with Crippen LogP contribution in [0, 0.1) is 6.92 Å². The zero-order chi connectivity index (χ0) is 14.1. The summed E-state index contributed by atoms with van der Waals surface area (Å²) in [6.45, 7) is 4.17. The van der Waals surface area contributed by atoms with Crippen LogP contribution in [0.1, 0.15) is 16.3 Å². The molecule has 2 amide bonds. The second-order valence-corrected chi connectivity index (χ2v) is 4.90. The molecule has 104 valence electrons.